The quantitative estimate of drug-likeness (QED) is 0.746. The number of aryl methyl sites for hydroxylation is 1. The third-order valence-electron chi connectivity index (χ3n) is 3.39. The first-order valence-corrected chi connectivity index (χ1v) is 6.60. The lowest BCUT2D eigenvalue weighted by Crippen LogP contribution is -2.38. The van der Waals surface area contributed by atoms with Crippen molar-refractivity contribution >= 4 is 22.8 Å². The molecule has 21 heavy (non-hydrogen) atoms. The zero-order valence-electron chi connectivity index (χ0n) is 12.0. The zero-order chi connectivity index (χ0) is 15.4. The molecule has 1 unspecified atom stereocenters. The Morgan fingerprint density at radius 3 is 2.86 bits per heavy atom. The Labute approximate surface area is 122 Å². The van der Waals surface area contributed by atoms with E-state index in [0.717, 1.165) is 22.0 Å². The predicted molar refractivity (Wildman–Crippen MR) is 78.2 cm³/mol. The van der Waals surface area contributed by atoms with Crippen LogP contribution < -0.4 is 5.32 Å². The molecular weight excluding hydrogens is 272 g/mol. The third-order valence-corrected chi connectivity index (χ3v) is 3.39. The summed E-state index contributed by atoms with van der Waals surface area (Å²) in [7, 11) is 1.30. The summed E-state index contributed by atoms with van der Waals surface area (Å²) in [4.78, 5) is 25.9. The highest BCUT2D eigenvalue weighted by Gasteiger charge is 2.17. The molecule has 3 N–H and O–H groups in total. The highest BCUT2D eigenvalue weighted by atomic mass is 16.5. The Kier molecular flexibility index (Phi) is 4.59. The molecule has 6 heteroatoms. The number of ether oxygens (including phenoxy) is 1. The summed E-state index contributed by atoms with van der Waals surface area (Å²) in [5.74, 6) is -1.33. The first-order valence-electron chi connectivity index (χ1n) is 6.60. The molecule has 1 aromatic carbocycles. The van der Waals surface area contributed by atoms with Crippen LogP contribution in [-0.4, -0.2) is 41.7 Å². The lowest BCUT2D eigenvalue weighted by atomic mass is 10.1. The summed E-state index contributed by atoms with van der Waals surface area (Å²) < 4.78 is 4.77. The molecule has 0 bridgehead atoms. The van der Waals surface area contributed by atoms with Gasteiger partial charge in [0, 0.05) is 24.2 Å². The van der Waals surface area contributed by atoms with Gasteiger partial charge in [-0.25, -0.2) is 4.79 Å². The molecule has 1 amide bonds. The molecule has 1 atom stereocenters. The number of carboxylic acid groups (broad SMARTS) is 1. The SMILES string of the molecule is COC(CNC(=O)Cc1c[nH]c2cccc(C)c12)C(=O)O. The van der Waals surface area contributed by atoms with Gasteiger partial charge < -0.3 is 20.1 Å². The van der Waals surface area contributed by atoms with Gasteiger partial charge in [-0.1, -0.05) is 12.1 Å². The number of aliphatic carboxylic acids is 1. The van der Waals surface area contributed by atoms with Crippen LogP contribution >= 0.6 is 0 Å². The Morgan fingerprint density at radius 1 is 1.43 bits per heavy atom. The van der Waals surface area contributed by atoms with Crippen LogP contribution in [0, 0.1) is 6.92 Å². The minimum atomic E-state index is -1.10. The fourth-order valence-corrected chi connectivity index (χ4v) is 2.30. The number of aromatic amines is 1. The number of H-pyrrole nitrogens is 1. The maximum atomic E-state index is 11.9. The Hall–Kier alpha value is -2.34. The second-order valence-electron chi connectivity index (χ2n) is 4.85. The molecule has 0 fully saturated rings. The second-order valence-corrected chi connectivity index (χ2v) is 4.85. The van der Waals surface area contributed by atoms with Crippen molar-refractivity contribution in [3.05, 3.63) is 35.5 Å². The molecule has 2 aromatic rings. The number of methoxy groups -OCH3 is 1. The number of nitrogens with one attached hydrogen (secondary N) is 2. The van der Waals surface area contributed by atoms with Gasteiger partial charge in [0.15, 0.2) is 6.10 Å². The molecule has 1 aromatic heterocycles. The number of hydrogen-bond donors (Lipinski definition) is 3. The summed E-state index contributed by atoms with van der Waals surface area (Å²) >= 11 is 0. The summed E-state index contributed by atoms with van der Waals surface area (Å²) in [6.45, 7) is 1.94. The average Bonchev–Trinajstić information content (AvgIpc) is 2.83. The lowest BCUT2D eigenvalue weighted by molar-refractivity contribution is -0.148. The van der Waals surface area contributed by atoms with Crippen molar-refractivity contribution < 1.29 is 19.4 Å². The number of fused-ring (bicyclic) bond motifs is 1. The molecule has 0 saturated carbocycles. The van der Waals surface area contributed by atoms with Crippen LogP contribution in [-0.2, 0) is 20.7 Å². The third kappa shape index (κ3) is 3.41. The van der Waals surface area contributed by atoms with E-state index in [-0.39, 0.29) is 18.9 Å². The summed E-state index contributed by atoms with van der Waals surface area (Å²) in [6.07, 6.45) is 0.974. The summed E-state index contributed by atoms with van der Waals surface area (Å²) in [5, 5.41) is 12.5. The van der Waals surface area contributed by atoms with Gasteiger partial charge >= 0.3 is 5.97 Å². The Bertz CT molecular complexity index is 663. The van der Waals surface area contributed by atoms with Crippen molar-refractivity contribution in [2.45, 2.75) is 19.4 Å². The van der Waals surface area contributed by atoms with Crippen molar-refractivity contribution in [3.8, 4) is 0 Å². The van der Waals surface area contributed by atoms with E-state index in [1.54, 1.807) is 0 Å². The van der Waals surface area contributed by atoms with Crippen molar-refractivity contribution in [3.63, 3.8) is 0 Å². The van der Waals surface area contributed by atoms with Crippen LogP contribution in [0.5, 0.6) is 0 Å². The minimum Gasteiger partial charge on any atom is -0.479 e. The van der Waals surface area contributed by atoms with E-state index in [9.17, 15) is 9.59 Å². The maximum absolute atomic E-state index is 11.9. The van der Waals surface area contributed by atoms with Crippen LogP contribution in [0.2, 0.25) is 0 Å². The van der Waals surface area contributed by atoms with E-state index < -0.39 is 12.1 Å². The normalized spacial score (nSPS) is 12.3. The van der Waals surface area contributed by atoms with Crippen LogP contribution in [0.15, 0.2) is 24.4 Å². The number of benzene rings is 1. The fourth-order valence-electron chi connectivity index (χ4n) is 2.30. The van der Waals surface area contributed by atoms with E-state index in [0.29, 0.717) is 0 Å². The molecule has 0 saturated heterocycles. The summed E-state index contributed by atoms with van der Waals surface area (Å²) in [5.41, 5.74) is 2.97. The highest BCUT2D eigenvalue weighted by molar-refractivity contribution is 5.91. The van der Waals surface area contributed by atoms with Gasteiger partial charge in [-0.15, -0.1) is 0 Å². The maximum Gasteiger partial charge on any atom is 0.334 e. The van der Waals surface area contributed by atoms with Gasteiger partial charge in [0.1, 0.15) is 0 Å². The average molecular weight is 290 g/mol. The zero-order valence-corrected chi connectivity index (χ0v) is 12.0. The second kappa shape index (κ2) is 6.41. The first-order chi connectivity index (χ1) is 10.0. The highest BCUT2D eigenvalue weighted by Crippen LogP contribution is 2.22. The van der Waals surface area contributed by atoms with E-state index in [1.807, 2.05) is 31.3 Å². The van der Waals surface area contributed by atoms with Gasteiger partial charge in [-0.05, 0) is 24.1 Å². The molecule has 2 rings (SSSR count). The number of rotatable bonds is 6. The Morgan fingerprint density at radius 2 is 2.19 bits per heavy atom. The number of aromatic nitrogens is 1. The number of carboxylic acids is 1. The van der Waals surface area contributed by atoms with E-state index in [2.05, 4.69) is 10.3 Å². The molecule has 0 aliphatic rings. The smallest absolute Gasteiger partial charge is 0.334 e. The van der Waals surface area contributed by atoms with E-state index in [4.69, 9.17) is 9.84 Å². The van der Waals surface area contributed by atoms with Crippen molar-refractivity contribution in [1.29, 1.82) is 0 Å². The molecule has 0 spiro atoms. The molecule has 0 aliphatic heterocycles. The minimum absolute atomic E-state index is 0.0496. The molecule has 6 nitrogen and oxygen atoms in total. The molecule has 112 valence electrons. The number of amides is 1. The van der Waals surface area contributed by atoms with Crippen molar-refractivity contribution in [2.75, 3.05) is 13.7 Å². The van der Waals surface area contributed by atoms with Gasteiger partial charge in [0.2, 0.25) is 5.91 Å². The van der Waals surface area contributed by atoms with Gasteiger partial charge in [-0.3, -0.25) is 4.79 Å². The summed E-state index contributed by atoms with van der Waals surface area (Å²) in [6, 6.07) is 5.89. The molecule has 0 radical (unpaired) electrons. The molecular formula is C15H18N2O4. The van der Waals surface area contributed by atoms with Crippen LogP contribution in [0.1, 0.15) is 11.1 Å². The standard InChI is InChI=1S/C15H18N2O4/c1-9-4-3-5-11-14(9)10(7-16-11)6-13(18)17-8-12(21-2)15(19)20/h3-5,7,12,16H,6,8H2,1-2H3,(H,17,18)(H,19,20). The van der Waals surface area contributed by atoms with Crippen molar-refractivity contribution in [2.24, 2.45) is 0 Å². The number of carbonyl (C=O) groups excluding carboxylic acids is 1. The largest absolute Gasteiger partial charge is 0.479 e. The van der Waals surface area contributed by atoms with Crippen molar-refractivity contribution in [1.82, 2.24) is 10.3 Å². The predicted octanol–water partition coefficient (Wildman–Crippen LogP) is 1.23. The number of carbonyl (C=O) groups is 2. The molecule has 1 heterocycles. The first kappa shape index (κ1) is 15.1. The van der Waals surface area contributed by atoms with E-state index >= 15 is 0 Å². The van der Waals surface area contributed by atoms with Gasteiger partial charge in [0.25, 0.3) is 0 Å². The van der Waals surface area contributed by atoms with Gasteiger partial charge in [0.05, 0.1) is 13.0 Å². The van der Waals surface area contributed by atoms with Crippen LogP contribution in [0.25, 0.3) is 10.9 Å². The lowest BCUT2D eigenvalue weighted by Gasteiger charge is -2.11. The Balaban J connectivity index is 2.03. The number of hydrogen-bond acceptors (Lipinski definition) is 3. The fraction of sp³-hybridized carbons (Fsp3) is 0.333. The van der Waals surface area contributed by atoms with Crippen LogP contribution in [0.4, 0.5) is 0 Å². The topological polar surface area (TPSA) is 91.4 Å². The molecule has 0 aliphatic carbocycles. The van der Waals surface area contributed by atoms with E-state index in [1.165, 1.54) is 7.11 Å². The monoisotopic (exact) mass is 290 g/mol. The van der Waals surface area contributed by atoms with Gasteiger partial charge in [-0.2, -0.15) is 0 Å². The van der Waals surface area contributed by atoms with Crippen LogP contribution in [0.3, 0.4) is 0 Å².